The Morgan fingerprint density at radius 2 is 1.75 bits per heavy atom. The van der Waals surface area contributed by atoms with E-state index < -0.39 is 22.9 Å². The summed E-state index contributed by atoms with van der Waals surface area (Å²) in [5.41, 5.74) is 1.96. The highest BCUT2D eigenvalue weighted by molar-refractivity contribution is 5.96. The number of likely N-dealkylation sites (tertiary alicyclic amines) is 1. The molecule has 202 valence electrons. The third kappa shape index (κ3) is 4.64. The molecule has 9 nitrogen and oxygen atoms in total. The molecule has 1 unspecified atom stereocenters. The molecule has 3 aromatic carbocycles. The van der Waals surface area contributed by atoms with Gasteiger partial charge in [-0.2, -0.15) is 10.2 Å². The lowest BCUT2D eigenvalue weighted by Gasteiger charge is -2.21. The number of ether oxygens (including phenoxy) is 2. The zero-order chi connectivity index (χ0) is 28.4. The molecule has 5 rings (SSSR count). The largest absolute Gasteiger partial charge is 0.494 e. The van der Waals surface area contributed by atoms with Gasteiger partial charge in [0.1, 0.15) is 17.2 Å². The summed E-state index contributed by atoms with van der Waals surface area (Å²) < 4.78 is 12.4. The van der Waals surface area contributed by atoms with Crippen molar-refractivity contribution in [2.24, 2.45) is 0 Å². The fraction of sp³-hybridized carbons (Fsp3) is 0.226. The number of rotatable bonds is 6. The first-order chi connectivity index (χ1) is 19.4. The lowest BCUT2D eigenvalue weighted by Crippen LogP contribution is -2.36. The van der Waals surface area contributed by atoms with E-state index in [-0.39, 0.29) is 17.4 Å². The number of hydrogen-bond donors (Lipinski definition) is 1. The molecule has 0 aliphatic carbocycles. The minimum atomic E-state index is -0.752. The van der Waals surface area contributed by atoms with Crippen molar-refractivity contribution in [2.45, 2.75) is 19.3 Å². The number of nitriles is 1. The van der Waals surface area contributed by atoms with Crippen molar-refractivity contribution in [1.29, 1.82) is 5.26 Å². The third-order valence-electron chi connectivity index (χ3n) is 7.18. The van der Waals surface area contributed by atoms with E-state index in [4.69, 9.17) is 9.47 Å². The number of aromatic nitrogens is 2. The Morgan fingerprint density at radius 3 is 2.42 bits per heavy atom. The van der Waals surface area contributed by atoms with E-state index >= 15 is 0 Å². The molecule has 4 aromatic rings. The van der Waals surface area contributed by atoms with E-state index in [1.807, 2.05) is 37.3 Å². The monoisotopic (exact) mass is 536 g/mol. The highest BCUT2D eigenvalue weighted by atomic mass is 16.5. The standard InChI is InChI=1S/C31H28N4O5/c1-19-8-6-10-20(16-19)28-33-29(36)26(31(38)35(28)27-24(39-2)12-7-13-25(27)40-3)30(37)34-15-14-22(18-34)23-11-5-4-9-21(23)17-32/h4-13,16,22,36H,14-15,18H2,1-3H3. The molecule has 9 heteroatoms. The quantitative estimate of drug-likeness (QED) is 0.387. The van der Waals surface area contributed by atoms with Crippen LogP contribution in [0.15, 0.2) is 71.5 Å². The molecule has 1 N–H and O–H groups in total. The Labute approximate surface area is 231 Å². The zero-order valence-electron chi connectivity index (χ0n) is 22.4. The van der Waals surface area contributed by atoms with Gasteiger partial charge in [0.25, 0.3) is 11.5 Å². The number of benzene rings is 3. The number of para-hydroxylation sites is 1. The Balaban J connectivity index is 1.66. The Bertz CT molecular complexity index is 1680. The number of carbonyl (C=O) groups excluding carboxylic acids is 1. The van der Waals surface area contributed by atoms with Gasteiger partial charge >= 0.3 is 0 Å². The SMILES string of the molecule is COc1cccc(OC)c1-n1c(-c2cccc(C)c2)nc(O)c(C(=O)N2CCC(c3ccccc3C#N)C2)c1=O. The van der Waals surface area contributed by atoms with Crippen molar-refractivity contribution in [1.82, 2.24) is 14.5 Å². The maximum Gasteiger partial charge on any atom is 0.275 e. The molecule has 40 heavy (non-hydrogen) atoms. The number of nitrogens with zero attached hydrogens (tertiary/aromatic N) is 4. The molecule has 1 aromatic heterocycles. The second-order valence-corrected chi connectivity index (χ2v) is 9.59. The van der Waals surface area contributed by atoms with Gasteiger partial charge in [-0.05, 0) is 43.2 Å². The molecule has 1 saturated heterocycles. The molecule has 1 aliphatic heterocycles. The van der Waals surface area contributed by atoms with Gasteiger partial charge in [-0.1, -0.05) is 48.0 Å². The highest BCUT2D eigenvalue weighted by Gasteiger charge is 2.34. The second kappa shape index (κ2) is 10.9. The van der Waals surface area contributed by atoms with E-state index in [1.54, 1.807) is 36.4 Å². The van der Waals surface area contributed by atoms with E-state index in [2.05, 4.69) is 11.1 Å². The van der Waals surface area contributed by atoms with Gasteiger partial charge in [0.2, 0.25) is 5.88 Å². The van der Waals surface area contributed by atoms with Crippen molar-refractivity contribution in [3.8, 4) is 40.5 Å². The summed E-state index contributed by atoms with van der Waals surface area (Å²) in [7, 11) is 2.94. The van der Waals surface area contributed by atoms with Crippen molar-refractivity contribution in [3.05, 3.63) is 99.3 Å². The van der Waals surface area contributed by atoms with Gasteiger partial charge < -0.3 is 19.5 Å². The molecule has 0 bridgehead atoms. The first kappa shape index (κ1) is 26.5. The van der Waals surface area contributed by atoms with Crippen LogP contribution in [0, 0.1) is 18.3 Å². The topological polar surface area (TPSA) is 118 Å². The number of hydrogen-bond acceptors (Lipinski definition) is 7. The normalized spacial score (nSPS) is 14.6. The van der Waals surface area contributed by atoms with Crippen molar-refractivity contribution in [2.75, 3.05) is 27.3 Å². The van der Waals surface area contributed by atoms with Crippen LogP contribution in [-0.2, 0) is 0 Å². The predicted octanol–water partition coefficient (Wildman–Crippen LogP) is 4.43. The van der Waals surface area contributed by atoms with Gasteiger partial charge in [-0.25, -0.2) is 0 Å². The summed E-state index contributed by atoms with van der Waals surface area (Å²) in [6, 6.07) is 21.9. The van der Waals surface area contributed by atoms with Gasteiger partial charge in [0.15, 0.2) is 11.4 Å². The van der Waals surface area contributed by atoms with E-state index in [9.17, 15) is 20.0 Å². The fourth-order valence-corrected chi connectivity index (χ4v) is 5.25. The van der Waals surface area contributed by atoms with Crippen LogP contribution in [0.25, 0.3) is 17.1 Å². The molecule has 2 heterocycles. The molecule has 0 radical (unpaired) electrons. The second-order valence-electron chi connectivity index (χ2n) is 9.59. The summed E-state index contributed by atoms with van der Waals surface area (Å²) >= 11 is 0. The molecule has 1 fully saturated rings. The summed E-state index contributed by atoms with van der Waals surface area (Å²) in [4.78, 5) is 33.9. The minimum absolute atomic E-state index is 0.0713. The van der Waals surface area contributed by atoms with Crippen LogP contribution in [0.1, 0.15) is 39.4 Å². The molecule has 1 aliphatic rings. The van der Waals surface area contributed by atoms with Crippen molar-refractivity contribution >= 4 is 5.91 Å². The number of aryl methyl sites for hydroxylation is 1. The average molecular weight is 537 g/mol. The van der Waals surface area contributed by atoms with Gasteiger partial charge in [-0.15, -0.1) is 0 Å². The van der Waals surface area contributed by atoms with Crippen LogP contribution in [0.3, 0.4) is 0 Å². The zero-order valence-corrected chi connectivity index (χ0v) is 22.4. The van der Waals surface area contributed by atoms with Crippen LogP contribution >= 0.6 is 0 Å². The predicted molar refractivity (Wildman–Crippen MR) is 149 cm³/mol. The molecule has 0 saturated carbocycles. The summed E-state index contributed by atoms with van der Waals surface area (Å²) in [5, 5.41) is 20.6. The smallest absolute Gasteiger partial charge is 0.275 e. The van der Waals surface area contributed by atoms with Crippen LogP contribution in [0.4, 0.5) is 0 Å². The first-order valence-electron chi connectivity index (χ1n) is 12.8. The van der Waals surface area contributed by atoms with Crippen LogP contribution in [-0.4, -0.2) is 52.8 Å². The minimum Gasteiger partial charge on any atom is -0.494 e. The summed E-state index contributed by atoms with van der Waals surface area (Å²) in [6.07, 6.45) is 0.620. The first-order valence-corrected chi connectivity index (χ1v) is 12.8. The maximum atomic E-state index is 14.2. The molecular weight excluding hydrogens is 508 g/mol. The Morgan fingerprint density at radius 1 is 1.05 bits per heavy atom. The number of aromatic hydroxyl groups is 1. The number of amides is 1. The van der Waals surface area contributed by atoms with Gasteiger partial charge in [0.05, 0.1) is 25.9 Å². The Kier molecular flexibility index (Phi) is 7.25. The highest BCUT2D eigenvalue weighted by Crippen LogP contribution is 2.36. The molecule has 1 amide bonds. The van der Waals surface area contributed by atoms with Crippen molar-refractivity contribution in [3.63, 3.8) is 0 Å². The maximum absolute atomic E-state index is 14.2. The van der Waals surface area contributed by atoms with Gasteiger partial charge in [-0.3, -0.25) is 14.2 Å². The number of methoxy groups -OCH3 is 2. The molecular formula is C31H28N4O5. The molecule has 0 spiro atoms. The lowest BCUT2D eigenvalue weighted by atomic mass is 9.94. The molecule has 1 atom stereocenters. The fourth-order valence-electron chi connectivity index (χ4n) is 5.25. The van der Waals surface area contributed by atoms with Crippen molar-refractivity contribution < 1.29 is 19.4 Å². The number of carbonyl (C=O) groups is 1. The summed E-state index contributed by atoms with van der Waals surface area (Å²) in [6.45, 7) is 2.56. The van der Waals surface area contributed by atoms with Crippen LogP contribution < -0.4 is 15.0 Å². The van der Waals surface area contributed by atoms with E-state index in [0.29, 0.717) is 42.1 Å². The average Bonchev–Trinajstić information content (AvgIpc) is 3.47. The van der Waals surface area contributed by atoms with Crippen LogP contribution in [0.2, 0.25) is 0 Å². The lowest BCUT2D eigenvalue weighted by molar-refractivity contribution is 0.0784. The van der Waals surface area contributed by atoms with E-state index in [0.717, 1.165) is 11.1 Å². The van der Waals surface area contributed by atoms with E-state index in [1.165, 1.54) is 23.7 Å². The summed E-state index contributed by atoms with van der Waals surface area (Å²) in [5.74, 6) is -0.570. The van der Waals surface area contributed by atoms with Crippen LogP contribution in [0.5, 0.6) is 17.4 Å². The van der Waals surface area contributed by atoms with Gasteiger partial charge in [0, 0.05) is 24.6 Å². The third-order valence-corrected chi connectivity index (χ3v) is 7.18. The Hall–Kier alpha value is -5.10.